The van der Waals surface area contributed by atoms with E-state index in [0.717, 1.165) is 29.3 Å². The molecule has 4 rings (SSSR count). The number of hydrogen-bond donors (Lipinski definition) is 0. The lowest BCUT2D eigenvalue weighted by Gasteiger charge is -2.18. The van der Waals surface area contributed by atoms with Gasteiger partial charge in [0.05, 0.1) is 12.1 Å². The number of hydrogen-bond acceptors (Lipinski definition) is 4. The number of rotatable bonds is 2. The van der Waals surface area contributed by atoms with Crippen LogP contribution in [0.4, 0.5) is 4.79 Å². The summed E-state index contributed by atoms with van der Waals surface area (Å²) >= 11 is 0. The van der Waals surface area contributed by atoms with Gasteiger partial charge in [0.15, 0.2) is 5.60 Å². The second-order valence-corrected chi connectivity index (χ2v) is 6.00. The summed E-state index contributed by atoms with van der Waals surface area (Å²) in [5.74, 6) is -0.192. The Morgan fingerprint density at radius 1 is 1.18 bits per heavy atom. The highest BCUT2D eigenvalue weighted by atomic mass is 16.6. The minimum Gasteiger partial charge on any atom is -0.432 e. The van der Waals surface area contributed by atoms with Crippen LogP contribution in [0.5, 0.6) is 0 Å². The first-order valence-electron chi connectivity index (χ1n) is 7.57. The van der Waals surface area contributed by atoms with Crippen molar-refractivity contribution in [2.24, 2.45) is 0 Å². The first kappa shape index (κ1) is 13.2. The molecule has 2 heterocycles. The molecular formula is C17H16N2O3. The Morgan fingerprint density at radius 2 is 1.95 bits per heavy atom. The number of nitrogens with zero attached hydrogens (tertiary/aromatic N) is 2. The molecule has 5 nitrogen and oxygen atoms in total. The van der Waals surface area contributed by atoms with Gasteiger partial charge >= 0.3 is 6.09 Å². The molecule has 1 saturated heterocycles. The predicted octanol–water partition coefficient (Wildman–Crippen LogP) is 3.03. The molecule has 2 fully saturated rings. The number of imide groups is 1. The predicted molar refractivity (Wildman–Crippen MR) is 80.0 cm³/mol. The van der Waals surface area contributed by atoms with Gasteiger partial charge in [-0.1, -0.05) is 18.2 Å². The number of pyridine rings is 1. The highest BCUT2D eigenvalue weighted by Gasteiger charge is 2.54. The van der Waals surface area contributed by atoms with Crippen LogP contribution in [0.3, 0.4) is 0 Å². The van der Waals surface area contributed by atoms with Gasteiger partial charge < -0.3 is 4.74 Å². The minimum atomic E-state index is -0.888. The van der Waals surface area contributed by atoms with Crippen LogP contribution in [0.15, 0.2) is 36.5 Å². The number of benzene rings is 1. The third kappa shape index (κ3) is 1.96. The van der Waals surface area contributed by atoms with Gasteiger partial charge in [-0.25, -0.2) is 9.69 Å². The summed E-state index contributed by atoms with van der Waals surface area (Å²) in [5.41, 5.74) is 0.842. The summed E-state index contributed by atoms with van der Waals surface area (Å²) < 4.78 is 5.41. The fraction of sp³-hybridized carbons (Fsp3) is 0.353. The van der Waals surface area contributed by atoms with E-state index in [0.29, 0.717) is 12.8 Å². The van der Waals surface area contributed by atoms with Crippen LogP contribution in [-0.2, 0) is 16.1 Å². The minimum absolute atomic E-state index is 0.192. The molecular weight excluding hydrogens is 280 g/mol. The van der Waals surface area contributed by atoms with Crippen LogP contribution >= 0.6 is 0 Å². The Morgan fingerprint density at radius 3 is 2.77 bits per heavy atom. The molecule has 1 aliphatic heterocycles. The van der Waals surface area contributed by atoms with E-state index in [1.165, 1.54) is 4.90 Å². The van der Waals surface area contributed by atoms with Crippen LogP contribution < -0.4 is 0 Å². The number of carbonyl (C=O) groups is 2. The van der Waals surface area contributed by atoms with E-state index in [9.17, 15) is 9.59 Å². The number of para-hydroxylation sites is 1. The van der Waals surface area contributed by atoms with Gasteiger partial charge in [0.1, 0.15) is 0 Å². The van der Waals surface area contributed by atoms with Crippen LogP contribution in [0.1, 0.15) is 31.2 Å². The van der Waals surface area contributed by atoms with Gasteiger partial charge in [-0.15, -0.1) is 0 Å². The van der Waals surface area contributed by atoms with Crippen LogP contribution in [0.25, 0.3) is 10.9 Å². The van der Waals surface area contributed by atoms with E-state index < -0.39 is 11.7 Å². The Kier molecular flexibility index (Phi) is 2.89. The number of amides is 2. The first-order chi connectivity index (χ1) is 10.7. The zero-order valence-electron chi connectivity index (χ0n) is 12.1. The highest BCUT2D eigenvalue weighted by molar-refractivity contribution is 6.03. The molecule has 2 aliphatic rings. The second-order valence-electron chi connectivity index (χ2n) is 6.00. The lowest BCUT2D eigenvalue weighted by Crippen LogP contribution is -2.38. The van der Waals surface area contributed by atoms with Crippen molar-refractivity contribution in [2.45, 2.75) is 37.8 Å². The first-order valence-corrected chi connectivity index (χ1v) is 7.57. The van der Waals surface area contributed by atoms with E-state index in [1.807, 2.05) is 30.3 Å². The molecule has 2 aromatic rings. The van der Waals surface area contributed by atoms with Crippen molar-refractivity contribution in [3.05, 3.63) is 42.1 Å². The molecule has 0 atom stereocenters. The fourth-order valence-electron chi connectivity index (χ4n) is 3.38. The Balaban J connectivity index is 1.62. The topological polar surface area (TPSA) is 59.5 Å². The van der Waals surface area contributed by atoms with Crippen LogP contribution in [0, 0.1) is 0 Å². The summed E-state index contributed by atoms with van der Waals surface area (Å²) in [6.07, 6.45) is 4.34. The molecule has 1 aromatic carbocycles. The maximum absolute atomic E-state index is 12.6. The Bertz CT molecular complexity index is 765. The van der Waals surface area contributed by atoms with E-state index >= 15 is 0 Å². The lowest BCUT2D eigenvalue weighted by atomic mass is 10.0. The van der Waals surface area contributed by atoms with E-state index in [1.54, 1.807) is 6.20 Å². The standard InChI is InChI=1S/C17H16N2O3/c20-15-17(7-3-4-8-17)22-16(21)19(15)11-12-9-13-5-1-2-6-14(13)18-10-12/h1-2,5-6,9-10H,3-4,7-8,11H2. The van der Waals surface area contributed by atoms with Crippen LogP contribution in [-0.4, -0.2) is 27.5 Å². The molecule has 2 amide bonds. The molecule has 1 aromatic heterocycles. The van der Waals surface area contributed by atoms with Gasteiger partial charge in [0.2, 0.25) is 0 Å². The van der Waals surface area contributed by atoms with Crippen molar-refractivity contribution >= 4 is 22.9 Å². The third-order valence-electron chi connectivity index (χ3n) is 4.54. The number of aromatic nitrogens is 1. The molecule has 5 heteroatoms. The molecule has 1 aliphatic carbocycles. The molecule has 0 bridgehead atoms. The monoisotopic (exact) mass is 296 g/mol. The molecule has 112 valence electrons. The van der Waals surface area contributed by atoms with E-state index in [2.05, 4.69) is 4.98 Å². The van der Waals surface area contributed by atoms with Crippen molar-refractivity contribution in [1.29, 1.82) is 0 Å². The average molecular weight is 296 g/mol. The summed E-state index contributed by atoms with van der Waals surface area (Å²) in [4.78, 5) is 30.2. The van der Waals surface area contributed by atoms with Gasteiger partial charge in [0.25, 0.3) is 5.91 Å². The van der Waals surface area contributed by atoms with Gasteiger partial charge in [0, 0.05) is 11.6 Å². The average Bonchev–Trinajstić information content (AvgIpc) is 3.09. The Hall–Kier alpha value is -2.43. The second kappa shape index (κ2) is 4.80. The van der Waals surface area contributed by atoms with Crippen LogP contribution in [0.2, 0.25) is 0 Å². The van der Waals surface area contributed by atoms with Gasteiger partial charge in [-0.05, 0) is 43.4 Å². The van der Waals surface area contributed by atoms with Crippen molar-refractivity contribution in [2.75, 3.05) is 0 Å². The maximum Gasteiger partial charge on any atom is 0.418 e. The highest BCUT2D eigenvalue weighted by Crippen LogP contribution is 2.39. The zero-order valence-corrected chi connectivity index (χ0v) is 12.1. The fourth-order valence-corrected chi connectivity index (χ4v) is 3.38. The molecule has 22 heavy (non-hydrogen) atoms. The molecule has 1 saturated carbocycles. The molecule has 0 N–H and O–H groups in total. The number of fused-ring (bicyclic) bond motifs is 1. The summed E-state index contributed by atoms with van der Waals surface area (Å²) in [7, 11) is 0. The largest absolute Gasteiger partial charge is 0.432 e. The van der Waals surface area contributed by atoms with E-state index in [-0.39, 0.29) is 12.5 Å². The quantitative estimate of drug-likeness (QED) is 0.854. The molecule has 0 unspecified atom stereocenters. The summed E-state index contributed by atoms with van der Waals surface area (Å²) in [6.45, 7) is 0.219. The van der Waals surface area contributed by atoms with Gasteiger partial charge in [-0.2, -0.15) is 0 Å². The number of ether oxygens (including phenoxy) is 1. The maximum atomic E-state index is 12.6. The molecule has 0 radical (unpaired) electrons. The van der Waals surface area contributed by atoms with Crippen molar-refractivity contribution < 1.29 is 14.3 Å². The molecule has 1 spiro atoms. The smallest absolute Gasteiger partial charge is 0.418 e. The third-order valence-corrected chi connectivity index (χ3v) is 4.54. The lowest BCUT2D eigenvalue weighted by molar-refractivity contribution is -0.136. The summed E-state index contributed by atoms with van der Waals surface area (Å²) in [6, 6.07) is 9.73. The van der Waals surface area contributed by atoms with Crippen molar-refractivity contribution in [3.8, 4) is 0 Å². The Labute approximate surface area is 127 Å². The SMILES string of the molecule is O=C1OC2(CCCC2)C(=O)N1Cc1cnc2ccccc2c1. The normalized spacial score (nSPS) is 20.1. The zero-order chi connectivity index (χ0) is 15.2. The van der Waals surface area contributed by atoms with E-state index in [4.69, 9.17) is 4.74 Å². The number of carbonyl (C=O) groups excluding carboxylic acids is 2. The van der Waals surface area contributed by atoms with Crippen molar-refractivity contribution in [3.63, 3.8) is 0 Å². The van der Waals surface area contributed by atoms with Gasteiger partial charge in [-0.3, -0.25) is 9.78 Å². The summed E-state index contributed by atoms with van der Waals surface area (Å²) in [5, 5.41) is 0.996. The van der Waals surface area contributed by atoms with Crippen molar-refractivity contribution in [1.82, 2.24) is 9.88 Å².